The molecule has 1 heterocycles. The Morgan fingerprint density at radius 2 is 2.20 bits per heavy atom. The lowest BCUT2D eigenvalue weighted by Gasteiger charge is -2.06. The summed E-state index contributed by atoms with van der Waals surface area (Å²) in [6, 6.07) is 7.35. The van der Waals surface area contributed by atoms with Crippen LogP contribution in [-0.2, 0) is 0 Å². The Labute approximate surface area is 92.1 Å². The van der Waals surface area contributed by atoms with Crippen molar-refractivity contribution in [3.05, 3.63) is 41.8 Å². The fourth-order valence-electron chi connectivity index (χ4n) is 1.16. The van der Waals surface area contributed by atoms with E-state index in [1.807, 2.05) is 18.2 Å². The van der Waals surface area contributed by atoms with E-state index in [-0.39, 0.29) is 0 Å². The second kappa shape index (κ2) is 4.14. The van der Waals surface area contributed by atoms with E-state index in [0.717, 1.165) is 5.69 Å². The first-order valence-electron chi connectivity index (χ1n) is 4.34. The molecule has 76 valence electrons. The Kier molecular flexibility index (Phi) is 2.69. The molecule has 5 heteroatoms. The zero-order valence-corrected chi connectivity index (χ0v) is 8.57. The van der Waals surface area contributed by atoms with Crippen molar-refractivity contribution in [2.75, 3.05) is 11.1 Å². The molecular formula is C10H9ClN4. The maximum atomic E-state index is 5.90. The predicted octanol–water partition coefficient (Wildman–Crippen LogP) is 2.46. The Morgan fingerprint density at radius 1 is 1.33 bits per heavy atom. The number of nitrogens with one attached hydrogen (secondary N) is 1. The van der Waals surface area contributed by atoms with E-state index in [9.17, 15) is 0 Å². The minimum atomic E-state index is 0.472. The average Bonchev–Trinajstić information content (AvgIpc) is 2.22. The summed E-state index contributed by atoms with van der Waals surface area (Å²) >= 11 is 5.90. The number of nitrogens with zero attached hydrogens (tertiary/aromatic N) is 2. The van der Waals surface area contributed by atoms with Crippen LogP contribution in [0.4, 0.5) is 17.2 Å². The van der Waals surface area contributed by atoms with Crippen LogP contribution in [-0.4, -0.2) is 9.97 Å². The van der Waals surface area contributed by atoms with Gasteiger partial charge in [0.25, 0.3) is 0 Å². The van der Waals surface area contributed by atoms with Crippen LogP contribution in [0.3, 0.4) is 0 Å². The van der Waals surface area contributed by atoms with E-state index in [1.165, 1.54) is 12.5 Å². The van der Waals surface area contributed by atoms with Crippen LogP contribution in [0.15, 0.2) is 36.8 Å². The molecule has 4 nitrogen and oxygen atoms in total. The van der Waals surface area contributed by atoms with Crippen molar-refractivity contribution in [2.24, 2.45) is 0 Å². The van der Waals surface area contributed by atoms with Gasteiger partial charge in [-0.1, -0.05) is 17.7 Å². The van der Waals surface area contributed by atoms with E-state index in [2.05, 4.69) is 15.3 Å². The molecule has 1 aromatic carbocycles. The van der Waals surface area contributed by atoms with E-state index < -0.39 is 0 Å². The molecule has 1 aromatic heterocycles. The van der Waals surface area contributed by atoms with Gasteiger partial charge in [-0.15, -0.1) is 0 Å². The van der Waals surface area contributed by atoms with Gasteiger partial charge in [0.05, 0.1) is 6.20 Å². The lowest BCUT2D eigenvalue weighted by atomic mass is 10.3. The number of hydrogen-bond donors (Lipinski definition) is 2. The molecule has 0 fully saturated rings. The molecule has 2 aromatic rings. The Bertz CT molecular complexity index is 472. The van der Waals surface area contributed by atoms with Crippen molar-refractivity contribution in [1.82, 2.24) is 9.97 Å². The minimum Gasteiger partial charge on any atom is -0.399 e. The summed E-state index contributed by atoms with van der Waals surface area (Å²) in [5, 5.41) is 3.52. The van der Waals surface area contributed by atoms with Gasteiger partial charge in [-0.2, -0.15) is 0 Å². The molecular weight excluding hydrogens is 212 g/mol. The van der Waals surface area contributed by atoms with Crippen molar-refractivity contribution in [1.29, 1.82) is 0 Å². The molecule has 3 N–H and O–H groups in total. The first kappa shape index (κ1) is 9.73. The van der Waals surface area contributed by atoms with Crippen molar-refractivity contribution < 1.29 is 0 Å². The second-order valence-corrected chi connectivity index (χ2v) is 3.38. The molecule has 0 aliphatic rings. The van der Waals surface area contributed by atoms with Gasteiger partial charge in [0, 0.05) is 11.4 Å². The topological polar surface area (TPSA) is 63.8 Å². The molecule has 0 aliphatic carbocycles. The largest absolute Gasteiger partial charge is 0.399 e. The summed E-state index contributed by atoms with van der Waals surface area (Å²) in [6.45, 7) is 0. The molecule has 15 heavy (non-hydrogen) atoms. The third-order valence-electron chi connectivity index (χ3n) is 1.82. The predicted molar refractivity (Wildman–Crippen MR) is 61.2 cm³/mol. The molecule has 0 spiro atoms. The molecule has 0 unspecified atom stereocenters. The SMILES string of the molecule is Nc1cccc(Nc2ncncc2Cl)c1. The molecule has 0 saturated heterocycles. The Morgan fingerprint density at radius 3 is 2.93 bits per heavy atom. The number of nitrogen functional groups attached to an aromatic ring is 1. The van der Waals surface area contributed by atoms with Gasteiger partial charge in [-0.3, -0.25) is 0 Å². The monoisotopic (exact) mass is 220 g/mol. The maximum Gasteiger partial charge on any atom is 0.152 e. The molecule has 0 atom stereocenters. The summed E-state index contributed by atoms with van der Waals surface area (Å²) in [5.74, 6) is 0.567. The number of halogens is 1. The molecule has 0 aliphatic heterocycles. The van der Waals surface area contributed by atoms with Crippen molar-refractivity contribution in [2.45, 2.75) is 0 Å². The van der Waals surface area contributed by atoms with Crippen LogP contribution < -0.4 is 11.1 Å². The highest BCUT2D eigenvalue weighted by atomic mass is 35.5. The smallest absolute Gasteiger partial charge is 0.152 e. The number of nitrogens with two attached hydrogens (primary N) is 1. The van der Waals surface area contributed by atoms with E-state index in [4.69, 9.17) is 17.3 Å². The fourth-order valence-corrected chi connectivity index (χ4v) is 1.31. The highest BCUT2D eigenvalue weighted by Crippen LogP contribution is 2.22. The number of aromatic nitrogens is 2. The van der Waals surface area contributed by atoms with Crippen LogP contribution in [0.5, 0.6) is 0 Å². The average molecular weight is 221 g/mol. The third kappa shape index (κ3) is 2.35. The van der Waals surface area contributed by atoms with Crippen LogP contribution in [0.2, 0.25) is 5.02 Å². The van der Waals surface area contributed by atoms with Gasteiger partial charge in [0.15, 0.2) is 5.82 Å². The molecule has 0 radical (unpaired) electrons. The zero-order chi connectivity index (χ0) is 10.7. The summed E-state index contributed by atoms with van der Waals surface area (Å²) in [5.41, 5.74) is 7.17. The van der Waals surface area contributed by atoms with E-state index >= 15 is 0 Å². The minimum absolute atomic E-state index is 0.472. The van der Waals surface area contributed by atoms with E-state index in [1.54, 1.807) is 6.07 Å². The Hall–Kier alpha value is -1.81. The van der Waals surface area contributed by atoms with E-state index in [0.29, 0.717) is 16.5 Å². The van der Waals surface area contributed by atoms with Crippen LogP contribution in [0.25, 0.3) is 0 Å². The van der Waals surface area contributed by atoms with Crippen molar-refractivity contribution in [3.8, 4) is 0 Å². The fraction of sp³-hybridized carbons (Fsp3) is 0. The zero-order valence-electron chi connectivity index (χ0n) is 7.81. The van der Waals surface area contributed by atoms with Crippen molar-refractivity contribution in [3.63, 3.8) is 0 Å². The van der Waals surface area contributed by atoms with Gasteiger partial charge in [0.2, 0.25) is 0 Å². The lowest BCUT2D eigenvalue weighted by molar-refractivity contribution is 1.17. The molecule has 2 rings (SSSR count). The van der Waals surface area contributed by atoms with Crippen LogP contribution in [0.1, 0.15) is 0 Å². The maximum absolute atomic E-state index is 5.90. The molecule has 0 amide bonds. The normalized spacial score (nSPS) is 9.93. The molecule has 0 bridgehead atoms. The van der Waals surface area contributed by atoms with Gasteiger partial charge < -0.3 is 11.1 Å². The number of hydrogen-bond acceptors (Lipinski definition) is 4. The highest BCUT2D eigenvalue weighted by Gasteiger charge is 2.01. The van der Waals surface area contributed by atoms with Crippen molar-refractivity contribution >= 4 is 28.8 Å². The van der Waals surface area contributed by atoms with Gasteiger partial charge >= 0.3 is 0 Å². The van der Waals surface area contributed by atoms with Crippen LogP contribution in [0, 0.1) is 0 Å². The summed E-state index contributed by atoms with van der Waals surface area (Å²) in [6.07, 6.45) is 2.96. The van der Waals surface area contributed by atoms with Crippen LogP contribution >= 0.6 is 11.6 Å². The summed E-state index contributed by atoms with van der Waals surface area (Å²) in [4.78, 5) is 7.80. The third-order valence-corrected chi connectivity index (χ3v) is 2.09. The summed E-state index contributed by atoms with van der Waals surface area (Å²) < 4.78 is 0. The summed E-state index contributed by atoms with van der Waals surface area (Å²) in [7, 11) is 0. The number of rotatable bonds is 2. The lowest BCUT2D eigenvalue weighted by Crippen LogP contribution is -1.95. The first-order valence-corrected chi connectivity index (χ1v) is 4.71. The van der Waals surface area contributed by atoms with Gasteiger partial charge in [-0.25, -0.2) is 9.97 Å². The first-order chi connectivity index (χ1) is 7.25. The second-order valence-electron chi connectivity index (χ2n) is 2.97. The molecule has 0 saturated carbocycles. The highest BCUT2D eigenvalue weighted by molar-refractivity contribution is 6.32. The number of anilines is 3. The van der Waals surface area contributed by atoms with Gasteiger partial charge in [-0.05, 0) is 18.2 Å². The Balaban J connectivity index is 2.26. The number of benzene rings is 1. The quantitative estimate of drug-likeness (QED) is 0.764. The standard InChI is InChI=1S/C10H9ClN4/c11-9-5-13-6-14-10(9)15-8-3-1-2-7(12)4-8/h1-6H,12H2,(H,13,14,15). The van der Waals surface area contributed by atoms with Gasteiger partial charge in [0.1, 0.15) is 11.3 Å².